The van der Waals surface area contributed by atoms with Crippen molar-refractivity contribution in [1.82, 2.24) is 0 Å². The zero-order valence-corrected chi connectivity index (χ0v) is 22.0. The Morgan fingerprint density at radius 3 is 1.58 bits per heavy atom. The third-order valence-corrected chi connectivity index (χ3v) is 4.84. The van der Waals surface area contributed by atoms with Gasteiger partial charge in [-0.15, -0.1) is 0 Å². The normalized spacial score (nSPS) is 10.6. The van der Waals surface area contributed by atoms with Gasteiger partial charge in [0.1, 0.15) is 11.5 Å². The fourth-order valence-electron chi connectivity index (χ4n) is 2.74. The van der Waals surface area contributed by atoms with Gasteiger partial charge in [0, 0.05) is 24.3 Å². The Kier molecular flexibility index (Phi) is 13.3. The number of aliphatic carboxylic acids is 1. The number of hydrogen-bond donors (Lipinski definition) is 1. The molecule has 0 unspecified atom stereocenters. The predicted molar refractivity (Wildman–Crippen MR) is 141 cm³/mol. The monoisotopic (exact) mass is 570 g/mol. The summed E-state index contributed by atoms with van der Waals surface area (Å²) in [6, 6.07) is 5.08. The quantitative estimate of drug-likeness (QED) is 0.147. The van der Waals surface area contributed by atoms with Gasteiger partial charge in [0.15, 0.2) is 0 Å². The van der Waals surface area contributed by atoms with Crippen molar-refractivity contribution in [3.8, 4) is 11.5 Å². The molecule has 2 aromatic carbocycles. The van der Waals surface area contributed by atoms with Crippen LogP contribution in [-0.2, 0) is 14.3 Å². The van der Waals surface area contributed by atoms with E-state index in [4.69, 9.17) is 42.5 Å². The van der Waals surface area contributed by atoms with Crippen LogP contribution < -0.4 is 9.47 Å². The standard InChI is InChI=1S/C13H14ClNO5.C11H10ClNO5/c1-3-19-12-7-9(5-6-13(16)20-4-2)11(15(17)18)8-10(12)14;1-2-18-10-5-7(3-4-11(14)15)9(13(16)17)6-8(10)12/h5-8H,3-4H2,1-2H3;3-6H,2H2,1H3,(H,14,15)/b6-5+;4-3+. The van der Waals surface area contributed by atoms with Crippen molar-refractivity contribution in [3.05, 3.63) is 77.8 Å². The van der Waals surface area contributed by atoms with Gasteiger partial charge in [0.2, 0.25) is 0 Å². The first-order valence-corrected chi connectivity index (χ1v) is 11.7. The first-order chi connectivity index (χ1) is 17.9. The van der Waals surface area contributed by atoms with Crippen LogP contribution in [0, 0.1) is 20.2 Å². The fraction of sp³-hybridized carbons (Fsp3) is 0.250. The molecule has 0 atom stereocenters. The molecule has 38 heavy (non-hydrogen) atoms. The van der Waals surface area contributed by atoms with Gasteiger partial charge < -0.3 is 19.3 Å². The van der Waals surface area contributed by atoms with E-state index in [1.807, 2.05) is 0 Å². The third-order valence-electron chi connectivity index (χ3n) is 4.25. The van der Waals surface area contributed by atoms with E-state index in [0.717, 1.165) is 24.3 Å². The minimum Gasteiger partial charge on any atom is -0.492 e. The second kappa shape index (κ2) is 15.8. The topological polar surface area (TPSA) is 168 Å². The van der Waals surface area contributed by atoms with Crippen LogP contribution in [0.15, 0.2) is 36.4 Å². The van der Waals surface area contributed by atoms with Crippen LogP contribution in [0.3, 0.4) is 0 Å². The van der Waals surface area contributed by atoms with Crippen molar-refractivity contribution in [3.63, 3.8) is 0 Å². The van der Waals surface area contributed by atoms with E-state index in [1.165, 1.54) is 24.3 Å². The lowest BCUT2D eigenvalue weighted by molar-refractivity contribution is -0.385. The van der Waals surface area contributed by atoms with Crippen LogP contribution in [0.2, 0.25) is 10.0 Å². The number of esters is 1. The lowest BCUT2D eigenvalue weighted by Gasteiger charge is -2.07. The molecule has 1 N–H and O–H groups in total. The van der Waals surface area contributed by atoms with Crippen LogP contribution in [0.5, 0.6) is 11.5 Å². The maximum absolute atomic E-state index is 11.2. The number of nitro benzene ring substituents is 2. The van der Waals surface area contributed by atoms with E-state index in [1.54, 1.807) is 20.8 Å². The Labute approximate surface area is 227 Å². The smallest absolute Gasteiger partial charge is 0.330 e. The number of nitro groups is 2. The second-order valence-electron chi connectivity index (χ2n) is 6.82. The summed E-state index contributed by atoms with van der Waals surface area (Å²) in [5.74, 6) is -1.18. The third kappa shape index (κ3) is 10.1. The lowest BCUT2D eigenvalue weighted by Crippen LogP contribution is -2.00. The zero-order chi connectivity index (χ0) is 28.8. The molecule has 0 fully saturated rings. The number of ether oxygens (including phenoxy) is 3. The van der Waals surface area contributed by atoms with Crippen molar-refractivity contribution in [1.29, 1.82) is 0 Å². The summed E-state index contributed by atoms with van der Waals surface area (Å²) in [7, 11) is 0. The molecular weight excluding hydrogens is 547 g/mol. The summed E-state index contributed by atoms with van der Waals surface area (Å²) in [6.07, 6.45) is 4.36. The van der Waals surface area contributed by atoms with Crippen molar-refractivity contribution in [2.24, 2.45) is 0 Å². The molecule has 0 saturated heterocycles. The van der Waals surface area contributed by atoms with Gasteiger partial charge in [0.05, 0.1) is 50.8 Å². The van der Waals surface area contributed by atoms with Gasteiger partial charge in [-0.25, -0.2) is 9.59 Å². The zero-order valence-electron chi connectivity index (χ0n) is 20.5. The van der Waals surface area contributed by atoms with Crippen LogP contribution in [0.4, 0.5) is 11.4 Å². The minimum atomic E-state index is -1.20. The SMILES string of the molecule is CCOC(=O)/C=C/c1cc(OCC)c(Cl)cc1[N+](=O)[O-].CCOc1cc(/C=C/C(=O)O)c([N+](=O)[O-])cc1Cl. The number of carbonyl (C=O) groups is 2. The highest BCUT2D eigenvalue weighted by atomic mass is 35.5. The average Bonchev–Trinajstić information content (AvgIpc) is 2.84. The molecule has 0 heterocycles. The molecule has 0 aromatic heterocycles. The van der Waals surface area contributed by atoms with Gasteiger partial charge in [-0.05, 0) is 45.1 Å². The first-order valence-electron chi connectivity index (χ1n) is 10.9. The molecule has 0 amide bonds. The van der Waals surface area contributed by atoms with Crippen LogP contribution in [-0.4, -0.2) is 46.7 Å². The number of hydrogen-bond acceptors (Lipinski definition) is 9. The Morgan fingerprint density at radius 2 is 1.24 bits per heavy atom. The summed E-state index contributed by atoms with van der Waals surface area (Å²) >= 11 is 11.7. The number of benzene rings is 2. The number of nitrogens with zero attached hydrogens (tertiary/aromatic N) is 2. The summed E-state index contributed by atoms with van der Waals surface area (Å²) in [4.78, 5) is 42.2. The highest BCUT2D eigenvalue weighted by molar-refractivity contribution is 6.32. The Balaban J connectivity index is 0.000000382. The molecule has 2 rings (SSSR count). The van der Waals surface area contributed by atoms with E-state index in [-0.39, 0.29) is 44.9 Å². The van der Waals surface area contributed by atoms with Gasteiger partial charge in [-0.3, -0.25) is 20.2 Å². The van der Waals surface area contributed by atoms with Gasteiger partial charge in [-0.2, -0.15) is 0 Å². The van der Waals surface area contributed by atoms with E-state index in [0.29, 0.717) is 19.0 Å². The molecule has 0 aliphatic heterocycles. The number of carboxylic acid groups (broad SMARTS) is 1. The second-order valence-corrected chi connectivity index (χ2v) is 7.63. The van der Waals surface area contributed by atoms with Crippen molar-refractivity contribution >= 4 is 58.7 Å². The Bertz CT molecular complexity index is 1250. The summed E-state index contributed by atoms with van der Waals surface area (Å²) < 4.78 is 15.2. The number of rotatable bonds is 11. The number of halogens is 2. The van der Waals surface area contributed by atoms with Crippen molar-refractivity contribution in [2.75, 3.05) is 19.8 Å². The largest absolute Gasteiger partial charge is 0.492 e. The molecule has 204 valence electrons. The molecule has 2 aromatic rings. The molecule has 0 radical (unpaired) electrons. The highest BCUT2D eigenvalue weighted by Gasteiger charge is 2.18. The molecule has 0 spiro atoms. The van der Waals surface area contributed by atoms with Gasteiger partial charge in [0.25, 0.3) is 11.4 Å². The number of carbonyl (C=O) groups excluding carboxylic acids is 1. The molecule has 0 aliphatic rings. The molecule has 0 saturated carbocycles. The number of carboxylic acids is 1. The Morgan fingerprint density at radius 1 is 0.816 bits per heavy atom. The molecule has 14 heteroatoms. The molecular formula is C24H24Cl2N2O10. The highest BCUT2D eigenvalue weighted by Crippen LogP contribution is 2.34. The summed E-state index contributed by atoms with van der Waals surface area (Å²) in [6.45, 7) is 6.13. The van der Waals surface area contributed by atoms with Crippen molar-refractivity contribution < 1.29 is 38.8 Å². The molecule has 0 bridgehead atoms. The molecule has 0 aliphatic carbocycles. The fourth-order valence-corrected chi connectivity index (χ4v) is 3.17. The average molecular weight is 571 g/mol. The maximum Gasteiger partial charge on any atom is 0.330 e. The van der Waals surface area contributed by atoms with Gasteiger partial charge >= 0.3 is 11.9 Å². The maximum atomic E-state index is 11.2. The van der Waals surface area contributed by atoms with Crippen LogP contribution >= 0.6 is 23.2 Å². The summed E-state index contributed by atoms with van der Waals surface area (Å²) in [5.41, 5.74) is -0.147. The minimum absolute atomic E-state index is 0.107. The van der Waals surface area contributed by atoms with E-state index < -0.39 is 21.8 Å². The van der Waals surface area contributed by atoms with E-state index >= 15 is 0 Å². The first kappa shape index (κ1) is 31.9. The Hall–Kier alpha value is -4.16. The van der Waals surface area contributed by atoms with Crippen molar-refractivity contribution in [2.45, 2.75) is 20.8 Å². The molecule has 12 nitrogen and oxygen atoms in total. The van der Waals surface area contributed by atoms with Crippen LogP contribution in [0.25, 0.3) is 12.2 Å². The van der Waals surface area contributed by atoms with Gasteiger partial charge in [-0.1, -0.05) is 23.2 Å². The predicted octanol–water partition coefficient (Wildman–Crippen LogP) is 5.97. The lowest BCUT2D eigenvalue weighted by atomic mass is 10.1. The van der Waals surface area contributed by atoms with E-state index in [9.17, 15) is 29.8 Å². The van der Waals surface area contributed by atoms with Crippen LogP contribution in [0.1, 0.15) is 31.9 Å². The van der Waals surface area contributed by atoms with E-state index in [2.05, 4.69) is 0 Å². The summed E-state index contributed by atoms with van der Waals surface area (Å²) in [5, 5.41) is 30.6.